The fraction of sp³-hybridized carbons (Fsp3) is 0.400. The van der Waals surface area contributed by atoms with Crippen molar-refractivity contribution in [3.63, 3.8) is 0 Å². The molecular weight excluding hydrogens is 362 g/mol. The summed E-state index contributed by atoms with van der Waals surface area (Å²) in [5, 5.41) is 1.97. The number of fused-ring (bicyclic) bond motifs is 1. The van der Waals surface area contributed by atoms with Crippen molar-refractivity contribution in [2.24, 2.45) is 0 Å². The second-order valence-corrected chi connectivity index (χ2v) is 7.65. The summed E-state index contributed by atoms with van der Waals surface area (Å²) < 4.78 is 12.7. The summed E-state index contributed by atoms with van der Waals surface area (Å²) in [5.74, 6) is 1.69. The summed E-state index contributed by atoms with van der Waals surface area (Å²) in [5.41, 5.74) is 2.86. The van der Waals surface area contributed by atoms with Gasteiger partial charge in [-0.3, -0.25) is 14.1 Å². The highest BCUT2D eigenvalue weighted by atomic mass is 32.1. The highest BCUT2D eigenvalue weighted by Gasteiger charge is 2.29. The Morgan fingerprint density at radius 1 is 1.26 bits per heavy atom. The third kappa shape index (κ3) is 3.33. The van der Waals surface area contributed by atoms with Gasteiger partial charge < -0.3 is 9.47 Å². The van der Waals surface area contributed by atoms with E-state index in [1.807, 2.05) is 24.4 Å². The van der Waals surface area contributed by atoms with Crippen LogP contribution in [0.25, 0.3) is 4.96 Å². The number of methoxy groups -OCH3 is 2. The molecule has 4 rings (SSSR count). The summed E-state index contributed by atoms with van der Waals surface area (Å²) in [6.07, 6.45) is 2.15. The van der Waals surface area contributed by atoms with Crippen LogP contribution in [0.5, 0.6) is 11.5 Å². The largest absolute Gasteiger partial charge is 0.497 e. The lowest BCUT2D eigenvalue weighted by atomic mass is 10.0. The third-order valence-corrected chi connectivity index (χ3v) is 6.10. The first-order valence-electron chi connectivity index (χ1n) is 9.03. The second kappa shape index (κ2) is 7.32. The van der Waals surface area contributed by atoms with Gasteiger partial charge in [0.2, 0.25) is 0 Å². The van der Waals surface area contributed by atoms with Crippen LogP contribution in [-0.2, 0) is 6.54 Å². The van der Waals surface area contributed by atoms with Crippen LogP contribution in [0.1, 0.15) is 35.8 Å². The number of thiazole rings is 1. The normalized spacial score (nSPS) is 17.5. The molecule has 0 radical (unpaired) electrons. The van der Waals surface area contributed by atoms with Gasteiger partial charge in [0.1, 0.15) is 11.5 Å². The Hall–Kier alpha value is -2.38. The molecule has 0 unspecified atom stereocenters. The molecule has 1 saturated heterocycles. The Balaban J connectivity index is 1.66. The Morgan fingerprint density at radius 2 is 2.11 bits per heavy atom. The topological polar surface area (TPSA) is 56.1 Å². The molecule has 0 amide bonds. The number of hydrogen-bond donors (Lipinski definition) is 0. The zero-order valence-electron chi connectivity index (χ0n) is 15.8. The summed E-state index contributed by atoms with van der Waals surface area (Å²) in [6, 6.07) is 7.80. The van der Waals surface area contributed by atoms with E-state index in [4.69, 9.17) is 14.5 Å². The van der Waals surface area contributed by atoms with E-state index < -0.39 is 0 Å². The molecule has 1 atom stereocenters. The Labute approximate surface area is 162 Å². The predicted octanol–water partition coefficient (Wildman–Crippen LogP) is 3.42. The minimum absolute atomic E-state index is 0.0107. The zero-order chi connectivity index (χ0) is 19.0. The monoisotopic (exact) mass is 385 g/mol. The van der Waals surface area contributed by atoms with Crippen molar-refractivity contribution >= 4 is 16.3 Å². The Morgan fingerprint density at radius 3 is 2.89 bits per heavy atom. The molecule has 0 N–H and O–H groups in total. The molecule has 3 aromatic rings. The number of hydrogen-bond acceptors (Lipinski definition) is 6. The van der Waals surface area contributed by atoms with Crippen molar-refractivity contribution in [3.05, 3.63) is 57.0 Å². The molecule has 1 aliphatic heterocycles. The van der Waals surface area contributed by atoms with Crippen molar-refractivity contribution in [2.45, 2.75) is 32.4 Å². The van der Waals surface area contributed by atoms with Crippen molar-refractivity contribution in [3.8, 4) is 11.5 Å². The van der Waals surface area contributed by atoms with E-state index in [2.05, 4.69) is 11.0 Å². The maximum absolute atomic E-state index is 12.5. The van der Waals surface area contributed by atoms with E-state index in [9.17, 15) is 4.79 Å². The number of ether oxygens (including phenoxy) is 2. The van der Waals surface area contributed by atoms with E-state index in [1.54, 1.807) is 24.7 Å². The van der Waals surface area contributed by atoms with Gasteiger partial charge in [0.15, 0.2) is 4.96 Å². The number of aryl methyl sites for hydroxylation is 1. The fourth-order valence-electron chi connectivity index (χ4n) is 3.86. The fourth-order valence-corrected chi connectivity index (χ4v) is 4.75. The second-order valence-electron chi connectivity index (χ2n) is 6.82. The van der Waals surface area contributed by atoms with Gasteiger partial charge in [0.25, 0.3) is 5.56 Å². The molecule has 0 bridgehead atoms. The predicted molar refractivity (Wildman–Crippen MR) is 106 cm³/mol. The summed E-state index contributed by atoms with van der Waals surface area (Å²) in [6.45, 7) is 3.54. The van der Waals surface area contributed by atoms with Crippen LogP contribution in [-0.4, -0.2) is 35.0 Å². The summed E-state index contributed by atoms with van der Waals surface area (Å²) >= 11 is 1.51. The standard InChI is InChI=1S/C20H23N3O3S/c1-13-12-27-20-21-14(9-19(24)23(13)20)11-22-8-4-5-17(22)16-10-15(25-2)6-7-18(16)26-3/h6-7,9-10,12,17H,4-5,8,11H2,1-3H3/t17-/m0/s1. The van der Waals surface area contributed by atoms with Crippen LogP contribution in [0.4, 0.5) is 0 Å². The van der Waals surface area contributed by atoms with Gasteiger partial charge in [-0.05, 0) is 44.5 Å². The van der Waals surface area contributed by atoms with Crippen molar-refractivity contribution < 1.29 is 9.47 Å². The quantitative estimate of drug-likeness (QED) is 0.674. The molecule has 27 heavy (non-hydrogen) atoms. The van der Waals surface area contributed by atoms with Gasteiger partial charge in [0.05, 0.1) is 19.9 Å². The molecule has 0 aliphatic carbocycles. The molecule has 1 aromatic carbocycles. The molecule has 2 aromatic heterocycles. The van der Waals surface area contributed by atoms with Crippen molar-refractivity contribution in [1.82, 2.24) is 14.3 Å². The number of nitrogens with zero attached hydrogens (tertiary/aromatic N) is 3. The van der Waals surface area contributed by atoms with Gasteiger partial charge in [0, 0.05) is 35.3 Å². The van der Waals surface area contributed by atoms with Crippen LogP contribution in [0.3, 0.4) is 0 Å². The Bertz CT molecular complexity index is 1030. The number of benzene rings is 1. The molecule has 1 aliphatic rings. The van der Waals surface area contributed by atoms with Crippen LogP contribution < -0.4 is 15.0 Å². The molecule has 7 heteroatoms. The van der Waals surface area contributed by atoms with Crippen LogP contribution in [0, 0.1) is 6.92 Å². The van der Waals surface area contributed by atoms with Crippen molar-refractivity contribution in [1.29, 1.82) is 0 Å². The molecule has 3 heterocycles. The maximum Gasteiger partial charge on any atom is 0.259 e. The molecule has 1 fully saturated rings. The average Bonchev–Trinajstić information content (AvgIpc) is 3.28. The smallest absolute Gasteiger partial charge is 0.259 e. The summed E-state index contributed by atoms with van der Waals surface area (Å²) in [7, 11) is 3.37. The van der Waals surface area contributed by atoms with Gasteiger partial charge >= 0.3 is 0 Å². The number of likely N-dealkylation sites (tertiary alicyclic amines) is 1. The van der Waals surface area contributed by atoms with E-state index >= 15 is 0 Å². The van der Waals surface area contributed by atoms with E-state index in [1.165, 1.54) is 11.3 Å². The molecule has 0 spiro atoms. The van der Waals surface area contributed by atoms with Gasteiger partial charge in [-0.25, -0.2) is 4.98 Å². The van der Waals surface area contributed by atoms with Crippen LogP contribution in [0.2, 0.25) is 0 Å². The van der Waals surface area contributed by atoms with Crippen LogP contribution >= 0.6 is 11.3 Å². The summed E-state index contributed by atoms with van der Waals surface area (Å²) in [4.78, 5) is 20.3. The lowest BCUT2D eigenvalue weighted by Crippen LogP contribution is -2.25. The highest BCUT2D eigenvalue weighted by Crippen LogP contribution is 2.39. The van der Waals surface area contributed by atoms with Crippen molar-refractivity contribution in [2.75, 3.05) is 20.8 Å². The average molecular weight is 385 g/mol. The highest BCUT2D eigenvalue weighted by molar-refractivity contribution is 7.15. The molecule has 6 nitrogen and oxygen atoms in total. The first kappa shape index (κ1) is 18.0. The number of aromatic nitrogens is 2. The zero-order valence-corrected chi connectivity index (χ0v) is 16.6. The van der Waals surface area contributed by atoms with E-state index in [0.717, 1.165) is 52.8 Å². The molecule has 0 saturated carbocycles. The van der Waals surface area contributed by atoms with Gasteiger partial charge in [-0.2, -0.15) is 0 Å². The van der Waals surface area contributed by atoms with E-state index in [-0.39, 0.29) is 11.6 Å². The molecular formula is C20H23N3O3S. The van der Waals surface area contributed by atoms with Crippen LogP contribution in [0.15, 0.2) is 34.4 Å². The lowest BCUT2D eigenvalue weighted by Gasteiger charge is -2.26. The first-order chi connectivity index (χ1) is 13.1. The molecule has 142 valence electrons. The Kier molecular flexibility index (Phi) is 4.88. The number of rotatable bonds is 5. The minimum Gasteiger partial charge on any atom is -0.497 e. The minimum atomic E-state index is -0.0107. The van der Waals surface area contributed by atoms with Gasteiger partial charge in [-0.15, -0.1) is 11.3 Å². The third-order valence-electron chi connectivity index (χ3n) is 5.15. The van der Waals surface area contributed by atoms with Gasteiger partial charge in [-0.1, -0.05) is 0 Å². The maximum atomic E-state index is 12.5. The lowest BCUT2D eigenvalue weighted by molar-refractivity contribution is 0.239. The SMILES string of the molecule is COc1ccc(OC)c([C@@H]2CCCN2Cc2cc(=O)n3c(C)csc3n2)c1. The first-order valence-corrected chi connectivity index (χ1v) is 9.91. The van der Waals surface area contributed by atoms with E-state index in [0.29, 0.717) is 6.54 Å².